The average molecular weight is 749 g/mol. The summed E-state index contributed by atoms with van der Waals surface area (Å²) in [4.78, 5) is 22.8. The van der Waals surface area contributed by atoms with Crippen molar-refractivity contribution in [1.29, 1.82) is 0 Å². The number of carbonyl (C=O) groups excluding carboxylic acids is 1. The molecule has 0 aromatic carbocycles. The van der Waals surface area contributed by atoms with Gasteiger partial charge in [0.1, 0.15) is 12.2 Å². The van der Waals surface area contributed by atoms with Gasteiger partial charge >= 0.3 is 11.9 Å². The first kappa shape index (κ1) is 38.3. The molecule has 10 atom stereocenters. The molecule has 0 spiro atoms. The summed E-state index contributed by atoms with van der Waals surface area (Å²) in [6.45, 7) is 5.45. The Balaban J connectivity index is 1.90. The number of halogens is 2. The van der Waals surface area contributed by atoms with Crippen LogP contribution < -0.4 is 0 Å². The van der Waals surface area contributed by atoms with Crippen molar-refractivity contribution in [3.05, 3.63) is 70.8 Å². The summed E-state index contributed by atoms with van der Waals surface area (Å²) in [6.07, 6.45) is 11.2. The van der Waals surface area contributed by atoms with Crippen LogP contribution in [0, 0.1) is 11.8 Å². The van der Waals surface area contributed by atoms with Gasteiger partial charge in [-0.15, -0.1) is 0 Å². The minimum absolute atomic E-state index is 0.0822. The number of hydrogen-bond donors (Lipinski definition) is 6. The highest BCUT2D eigenvalue weighted by molar-refractivity contribution is 9.11. The first-order valence-corrected chi connectivity index (χ1v) is 16.3. The van der Waals surface area contributed by atoms with Crippen molar-refractivity contribution in [2.24, 2.45) is 11.8 Å². The molecular formula is C32H44Br2O10. The number of aliphatic hydroxyl groups excluding tert-OH is 4. The summed E-state index contributed by atoms with van der Waals surface area (Å²) in [6, 6.07) is 0. The van der Waals surface area contributed by atoms with Crippen LogP contribution >= 0.6 is 31.9 Å². The highest BCUT2D eigenvalue weighted by Gasteiger charge is 2.51. The quantitative estimate of drug-likeness (QED) is 0.0532. The molecule has 5 unspecified atom stereocenters. The Morgan fingerprint density at radius 2 is 1.73 bits per heavy atom. The van der Waals surface area contributed by atoms with Crippen LogP contribution in [0.3, 0.4) is 0 Å². The Hall–Kier alpha value is -1.90. The van der Waals surface area contributed by atoms with Crippen LogP contribution in [0.1, 0.15) is 52.9 Å². The zero-order valence-corrected chi connectivity index (χ0v) is 28.2. The summed E-state index contributed by atoms with van der Waals surface area (Å²) in [5.74, 6) is -5.04. The van der Waals surface area contributed by atoms with E-state index in [1.54, 1.807) is 49.5 Å². The lowest BCUT2D eigenvalue weighted by atomic mass is 9.85. The van der Waals surface area contributed by atoms with E-state index in [1.165, 1.54) is 12.2 Å². The van der Waals surface area contributed by atoms with Crippen molar-refractivity contribution in [3.8, 4) is 0 Å². The van der Waals surface area contributed by atoms with Gasteiger partial charge in [0.2, 0.25) is 0 Å². The van der Waals surface area contributed by atoms with E-state index in [9.17, 15) is 35.1 Å². The van der Waals surface area contributed by atoms with Crippen molar-refractivity contribution in [2.75, 3.05) is 0 Å². The third-order valence-corrected chi connectivity index (χ3v) is 9.74. The van der Waals surface area contributed by atoms with Crippen LogP contribution in [0.25, 0.3) is 0 Å². The Bertz CT molecular complexity index is 1150. The molecule has 1 heterocycles. The zero-order chi connectivity index (χ0) is 33.0. The second-order valence-electron chi connectivity index (χ2n) is 11.2. The third-order valence-electron chi connectivity index (χ3n) is 7.62. The van der Waals surface area contributed by atoms with Gasteiger partial charge in [-0.05, 0) is 26.2 Å². The second kappa shape index (κ2) is 18.3. The molecule has 0 bridgehead atoms. The predicted molar refractivity (Wildman–Crippen MR) is 173 cm³/mol. The molecule has 1 aliphatic carbocycles. The number of hydrogen-bond acceptors (Lipinski definition) is 9. The van der Waals surface area contributed by atoms with E-state index >= 15 is 0 Å². The van der Waals surface area contributed by atoms with E-state index in [-0.39, 0.29) is 19.3 Å². The number of aliphatic hydroxyl groups is 5. The predicted octanol–water partition coefficient (Wildman–Crippen LogP) is 3.96. The highest BCUT2D eigenvalue weighted by atomic mass is 79.9. The Morgan fingerprint density at radius 3 is 2.39 bits per heavy atom. The number of rotatable bonds is 13. The third kappa shape index (κ3) is 11.5. The van der Waals surface area contributed by atoms with Crippen molar-refractivity contribution in [1.82, 2.24) is 0 Å². The summed E-state index contributed by atoms with van der Waals surface area (Å²) in [7, 11) is 0. The maximum atomic E-state index is 12.1. The van der Waals surface area contributed by atoms with E-state index < -0.39 is 71.0 Å². The van der Waals surface area contributed by atoms with E-state index in [4.69, 9.17) is 14.6 Å². The Labute approximate surface area is 275 Å². The minimum atomic E-state index is -2.15. The van der Waals surface area contributed by atoms with Crippen molar-refractivity contribution in [3.63, 3.8) is 0 Å². The molecule has 0 aromatic heterocycles. The SMILES string of the molecule is CC/C=C/C1OC(O)([C@@H](O)[C@H](O)[C@H](C)/C(Br)=C/C=C/C=C(C)/C=C/C=C/C(=O)O[C@@H]2CC(C(=O)O)CC[C@@H]2O)CC(O)C1Br. The fourth-order valence-corrected chi connectivity index (χ4v) is 5.74. The van der Waals surface area contributed by atoms with E-state index in [2.05, 4.69) is 31.9 Å². The van der Waals surface area contributed by atoms with E-state index in [0.29, 0.717) is 10.9 Å². The molecule has 0 aromatic rings. The second-order valence-corrected chi connectivity index (χ2v) is 13.1. The average Bonchev–Trinajstić information content (AvgIpc) is 2.98. The molecule has 1 saturated heterocycles. The Kier molecular flexibility index (Phi) is 15.9. The molecule has 246 valence electrons. The number of carboxylic acids is 1. The maximum absolute atomic E-state index is 12.1. The lowest BCUT2D eigenvalue weighted by Crippen LogP contribution is -2.61. The monoisotopic (exact) mass is 746 g/mol. The summed E-state index contributed by atoms with van der Waals surface area (Å²) in [5.41, 5.74) is 0.853. The van der Waals surface area contributed by atoms with Gasteiger partial charge < -0.3 is 40.1 Å². The number of allylic oxidation sites excluding steroid dienone is 9. The summed E-state index contributed by atoms with van der Waals surface area (Å²) in [5, 5.41) is 62.3. The Morgan fingerprint density at radius 1 is 1.07 bits per heavy atom. The number of carboxylic acid groups (broad SMARTS) is 1. The number of esters is 1. The molecule has 2 rings (SSSR count). The smallest absolute Gasteiger partial charge is 0.331 e. The molecule has 0 amide bonds. The molecular weight excluding hydrogens is 704 g/mol. The van der Waals surface area contributed by atoms with Crippen LogP contribution in [0.15, 0.2) is 70.8 Å². The largest absolute Gasteiger partial charge is 0.481 e. The number of aliphatic carboxylic acids is 1. The van der Waals surface area contributed by atoms with Gasteiger partial charge in [-0.3, -0.25) is 4.79 Å². The minimum Gasteiger partial charge on any atom is -0.481 e. The van der Waals surface area contributed by atoms with Crippen molar-refractivity contribution < 1.29 is 49.7 Å². The highest BCUT2D eigenvalue weighted by Crippen LogP contribution is 2.37. The topological polar surface area (TPSA) is 174 Å². The first-order valence-electron chi connectivity index (χ1n) is 14.6. The molecule has 12 heteroatoms. The molecule has 0 radical (unpaired) electrons. The molecule has 44 heavy (non-hydrogen) atoms. The number of carbonyl (C=O) groups is 2. The first-order chi connectivity index (χ1) is 20.7. The lowest BCUT2D eigenvalue weighted by molar-refractivity contribution is -0.315. The van der Waals surface area contributed by atoms with E-state index in [0.717, 1.165) is 12.0 Å². The number of ether oxygens (including phenoxy) is 2. The van der Waals surface area contributed by atoms with Crippen molar-refractivity contribution >= 4 is 43.8 Å². The van der Waals surface area contributed by atoms with E-state index in [1.807, 2.05) is 19.9 Å². The van der Waals surface area contributed by atoms with Gasteiger partial charge in [0.05, 0.1) is 35.2 Å². The fraction of sp³-hybridized carbons (Fsp3) is 0.562. The zero-order valence-electron chi connectivity index (χ0n) is 25.1. The summed E-state index contributed by atoms with van der Waals surface area (Å²) < 4.78 is 11.5. The molecule has 10 nitrogen and oxygen atoms in total. The number of alkyl halides is 1. The molecule has 2 aliphatic rings. The van der Waals surface area contributed by atoms with Gasteiger partial charge in [0, 0.05) is 29.3 Å². The van der Waals surface area contributed by atoms with Crippen LogP contribution in [0.4, 0.5) is 0 Å². The lowest BCUT2D eigenvalue weighted by Gasteiger charge is -2.45. The van der Waals surface area contributed by atoms with Crippen LogP contribution in [0.5, 0.6) is 0 Å². The maximum Gasteiger partial charge on any atom is 0.331 e. The normalized spacial score (nSPS) is 32.9. The molecule has 1 aliphatic heterocycles. The van der Waals surface area contributed by atoms with Gasteiger partial charge in [0.15, 0.2) is 5.79 Å². The standard InChI is InChI=1S/C32H44Br2O10/c1-4-5-13-25-28(34)24(36)18-32(42,44-25)30(39)29(38)20(3)22(33)12-8-6-10-19(2)11-7-9-14-27(37)43-26-17-21(31(40)41)15-16-23(26)35/h5-14,20-21,23-26,28-30,35-36,38-39,42H,4,15-18H2,1-3H3,(H,40,41)/b8-6+,11-7+,13-5+,14-9+,19-10+,22-12-/t20-,21?,23+,24?,25?,26-,28?,29-,30+,32?/m1/s1. The fourth-order valence-electron chi connectivity index (χ4n) is 4.85. The van der Waals surface area contributed by atoms with Gasteiger partial charge in [-0.25, -0.2) is 4.79 Å². The van der Waals surface area contributed by atoms with Gasteiger partial charge in [-0.2, -0.15) is 0 Å². The molecule has 6 N–H and O–H groups in total. The molecule has 1 saturated carbocycles. The molecule has 2 fully saturated rings. The van der Waals surface area contributed by atoms with Crippen LogP contribution in [-0.2, 0) is 19.1 Å². The van der Waals surface area contributed by atoms with Crippen molar-refractivity contribution in [2.45, 2.75) is 100 Å². The van der Waals surface area contributed by atoms with Gasteiger partial charge in [0.25, 0.3) is 0 Å². The summed E-state index contributed by atoms with van der Waals surface area (Å²) >= 11 is 6.79. The van der Waals surface area contributed by atoms with Crippen LogP contribution in [-0.4, -0.2) is 89.8 Å². The van der Waals surface area contributed by atoms with Crippen LogP contribution in [0.2, 0.25) is 0 Å². The van der Waals surface area contributed by atoms with Gasteiger partial charge in [-0.1, -0.05) is 106 Å².